The number of nitrogens with one attached hydrogen (secondary N) is 1. The third-order valence-electron chi connectivity index (χ3n) is 4.10. The van der Waals surface area contributed by atoms with E-state index < -0.39 is 0 Å². The van der Waals surface area contributed by atoms with Gasteiger partial charge in [0.25, 0.3) is 5.91 Å². The number of nitrogens with zero attached hydrogens (tertiary/aromatic N) is 2. The van der Waals surface area contributed by atoms with Crippen LogP contribution in [0.4, 0.5) is 0 Å². The van der Waals surface area contributed by atoms with Gasteiger partial charge in [0.15, 0.2) is 0 Å². The number of rotatable bonds is 6. The second kappa shape index (κ2) is 7.25. The van der Waals surface area contributed by atoms with Crippen molar-refractivity contribution >= 4 is 16.9 Å². The van der Waals surface area contributed by atoms with Gasteiger partial charge in [-0.05, 0) is 36.2 Å². The number of ether oxygens (including phenoxy) is 2. The van der Waals surface area contributed by atoms with Gasteiger partial charge in [-0.25, -0.2) is 4.98 Å². The number of methoxy groups -OCH3 is 2. The zero-order chi connectivity index (χ0) is 17.8. The van der Waals surface area contributed by atoms with E-state index in [1.165, 1.54) is 0 Å². The van der Waals surface area contributed by atoms with E-state index in [2.05, 4.69) is 22.4 Å². The van der Waals surface area contributed by atoms with Crippen molar-refractivity contribution in [2.45, 2.75) is 6.42 Å². The van der Waals surface area contributed by atoms with Crippen LogP contribution >= 0.6 is 0 Å². The highest BCUT2D eigenvalue weighted by atomic mass is 16.5. The molecule has 0 radical (unpaired) electrons. The molecule has 25 heavy (non-hydrogen) atoms. The third-order valence-corrected chi connectivity index (χ3v) is 4.10. The van der Waals surface area contributed by atoms with E-state index in [0.717, 1.165) is 23.0 Å². The van der Waals surface area contributed by atoms with Crippen molar-refractivity contribution in [3.8, 4) is 11.5 Å². The Kier molecular flexibility index (Phi) is 4.88. The van der Waals surface area contributed by atoms with Crippen LogP contribution in [0.2, 0.25) is 0 Å². The Morgan fingerprint density at radius 1 is 1.12 bits per heavy atom. The number of amides is 1. The molecule has 1 N–H and O–H groups in total. The summed E-state index contributed by atoms with van der Waals surface area (Å²) in [5.41, 5.74) is 3.70. The molecule has 2 aromatic carbocycles. The highest BCUT2D eigenvalue weighted by molar-refractivity contribution is 5.95. The van der Waals surface area contributed by atoms with Crippen LogP contribution in [0, 0.1) is 0 Å². The van der Waals surface area contributed by atoms with E-state index in [4.69, 9.17) is 9.47 Å². The van der Waals surface area contributed by atoms with E-state index in [0.29, 0.717) is 23.6 Å². The Hall–Kier alpha value is -3.02. The van der Waals surface area contributed by atoms with Crippen molar-refractivity contribution in [3.63, 3.8) is 0 Å². The number of carbonyl (C=O) groups excluding carboxylic acids is 1. The van der Waals surface area contributed by atoms with Gasteiger partial charge in [0.2, 0.25) is 0 Å². The van der Waals surface area contributed by atoms with Gasteiger partial charge < -0.3 is 19.4 Å². The Morgan fingerprint density at radius 2 is 1.84 bits per heavy atom. The van der Waals surface area contributed by atoms with Gasteiger partial charge in [0.05, 0.1) is 31.6 Å². The number of hydrogen-bond donors (Lipinski definition) is 1. The van der Waals surface area contributed by atoms with Gasteiger partial charge >= 0.3 is 0 Å². The lowest BCUT2D eigenvalue weighted by atomic mass is 10.1. The number of hydrogen-bond acceptors (Lipinski definition) is 4. The number of aromatic nitrogens is 2. The molecule has 0 fully saturated rings. The molecular weight excluding hydrogens is 318 g/mol. The first kappa shape index (κ1) is 16.8. The summed E-state index contributed by atoms with van der Waals surface area (Å²) in [6.07, 6.45) is 2.53. The van der Waals surface area contributed by atoms with Crippen molar-refractivity contribution < 1.29 is 14.3 Å². The van der Waals surface area contributed by atoms with Crippen LogP contribution < -0.4 is 14.8 Å². The van der Waals surface area contributed by atoms with Crippen molar-refractivity contribution in [3.05, 3.63) is 53.9 Å². The maximum atomic E-state index is 12.3. The second-order valence-corrected chi connectivity index (χ2v) is 5.79. The molecule has 0 atom stereocenters. The Labute approximate surface area is 146 Å². The van der Waals surface area contributed by atoms with E-state index in [-0.39, 0.29) is 5.91 Å². The van der Waals surface area contributed by atoms with Crippen LogP contribution in [0.25, 0.3) is 11.0 Å². The van der Waals surface area contributed by atoms with Gasteiger partial charge in [-0.2, -0.15) is 0 Å². The standard InChI is InChI=1S/C19H21N3O3/c1-22-12-21-17-8-13(4-5-18(17)22)6-7-20-19(23)14-9-15(24-2)11-16(10-14)25-3/h4-5,8-12H,6-7H2,1-3H3,(H,20,23). The molecule has 3 rings (SSSR count). The molecule has 0 aliphatic heterocycles. The van der Waals surface area contributed by atoms with Crippen molar-refractivity contribution in [1.29, 1.82) is 0 Å². The van der Waals surface area contributed by atoms with Gasteiger partial charge in [-0.1, -0.05) is 6.07 Å². The van der Waals surface area contributed by atoms with E-state index in [9.17, 15) is 4.79 Å². The molecule has 130 valence electrons. The van der Waals surface area contributed by atoms with Gasteiger partial charge in [0, 0.05) is 25.2 Å². The third kappa shape index (κ3) is 3.74. The van der Waals surface area contributed by atoms with Crippen molar-refractivity contribution in [2.24, 2.45) is 7.05 Å². The second-order valence-electron chi connectivity index (χ2n) is 5.79. The fourth-order valence-corrected chi connectivity index (χ4v) is 2.70. The highest BCUT2D eigenvalue weighted by Gasteiger charge is 2.10. The summed E-state index contributed by atoms with van der Waals surface area (Å²) in [6, 6.07) is 11.3. The number of aryl methyl sites for hydroxylation is 1. The van der Waals surface area contributed by atoms with Crippen LogP contribution in [0.15, 0.2) is 42.7 Å². The first-order valence-electron chi connectivity index (χ1n) is 8.02. The van der Waals surface area contributed by atoms with Gasteiger partial charge in [-0.3, -0.25) is 4.79 Å². The molecule has 0 bridgehead atoms. The molecule has 0 unspecified atom stereocenters. The van der Waals surface area contributed by atoms with E-state index in [1.54, 1.807) is 38.7 Å². The molecule has 1 heterocycles. The summed E-state index contributed by atoms with van der Waals surface area (Å²) in [6.45, 7) is 0.538. The predicted octanol–water partition coefficient (Wildman–Crippen LogP) is 2.56. The molecule has 0 aliphatic carbocycles. The number of carbonyl (C=O) groups is 1. The lowest BCUT2D eigenvalue weighted by Gasteiger charge is -2.09. The van der Waals surface area contributed by atoms with E-state index >= 15 is 0 Å². The molecule has 3 aromatic rings. The molecule has 6 nitrogen and oxygen atoms in total. The fraction of sp³-hybridized carbons (Fsp3) is 0.263. The van der Waals surface area contributed by atoms with Crippen LogP contribution in [0.5, 0.6) is 11.5 Å². The average molecular weight is 339 g/mol. The molecule has 0 saturated heterocycles. The van der Waals surface area contributed by atoms with Crippen molar-refractivity contribution in [2.75, 3.05) is 20.8 Å². The minimum Gasteiger partial charge on any atom is -0.497 e. The topological polar surface area (TPSA) is 65.4 Å². The van der Waals surface area contributed by atoms with Crippen LogP contribution in [0.1, 0.15) is 15.9 Å². The zero-order valence-corrected chi connectivity index (χ0v) is 14.6. The Bertz CT molecular complexity index is 880. The Balaban J connectivity index is 1.63. The molecular formula is C19H21N3O3. The van der Waals surface area contributed by atoms with E-state index in [1.807, 2.05) is 17.7 Å². The zero-order valence-electron chi connectivity index (χ0n) is 14.6. The first-order chi connectivity index (χ1) is 12.1. The van der Waals surface area contributed by atoms with Crippen LogP contribution in [-0.2, 0) is 13.5 Å². The summed E-state index contributed by atoms with van der Waals surface area (Å²) in [7, 11) is 5.09. The molecule has 0 aliphatic rings. The van der Waals surface area contributed by atoms with Crippen molar-refractivity contribution in [1.82, 2.24) is 14.9 Å². The fourth-order valence-electron chi connectivity index (χ4n) is 2.70. The summed E-state index contributed by atoms with van der Waals surface area (Å²) in [5.74, 6) is 1.02. The molecule has 1 amide bonds. The number of benzene rings is 2. The largest absolute Gasteiger partial charge is 0.497 e. The summed E-state index contributed by atoms with van der Waals surface area (Å²) >= 11 is 0. The van der Waals surface area contributed by atoms with Crippen LogP contribution in [-0.4, -0.2) is 36.2 Å². The molecule has 6 heteroatoms. The monoisotopic (exact) mass is 339 g/mol. The summed E-state index contributed by atoms with van der Waals surface area (Å²) < 4.78 is 12.4. The predicted molar refractivity (Wildman–Crippen MR) is 96.3 cm³/mol. The molecule has 1 aromatic heterocycles. The maximum Gasteiger partial charge on any atom is 0.251 e. The minimum atomic E-state index is -0.156. The summed E-state index contributed by atoms with van der Waals surface area (Å²) in [4.78, 5) is 16.7. The lowest BCUT2D eigenvalue weighted by molar-refractivity contribution is 0.0953. The number of fused-ring (bicyclic) bond motifs is 1. The van der Waals surface area contributed by atoms with Gasteiger partial charge in [0.1, 0.15) is 11.5 Å². The first-order valence-corrected chi connectivity index (χ1v) is 8.02. The quantitative estimate of drug-likeness (QED) is 0.750. The minimum absolute atomic E-state index is 0.156. The molecule has 0 spiro atoms. The maximum absolute atomic E-state index is 12.3. The average Bonchev–Trinajstić information content (AvgIpc) is 3.01. The highest BCUT2D eigenvalue weighted by Crippen LogP contribution is 2.22. The number of imidazole rings is 1. The SMILES string of the molecule is COc1cc(OC)cc(C(=O)NCCc2ccc3c(c2)ncn3C)c1. The summed E-state index contributed by atoms with van der Waals surface area (Å²) in [5, 5.41) is 2.93. The lowest BCUT2D eigenvalue weighted by Crippen LogP contribution is -2.25. The van der Waals surface area contributed by atoms with Gasteiger partial charge in [-0.15, -0.1) is 0 Å². The van der Waals surface area contributed by atoms with Crippen LogP contribution in [0.3, 0.4) is 0 Å². The Morgan fingerprint density at radius 3 is 2.52 bits per heavy atom. The smallest absolute Gasteiger partial charge is 0.251 e. The normalized spacial score (nSPS) is 10.7. The molecule has 0 saturated carbocycles.